The quantitative estimate of drug-likeness (QED) is 0.858. The van der Waals surface area contributed by atoms with Crippen molar-refractivity contribution in [1.82, 2.24) is 0 Å². The summed E-state index contributed by atoms with van der Waals surface area (Å²) in [6.45, 7) is 1.76. The summed E-state index contributed by atoms with van der Waals surface area (Å²) in [7, 11) is 0. The second-order valence-electron chi connectivity index (χ2n) is 3.96. The molecule has 1 unspecified atom stereocenters. The summed E-state index contributed by atoms with van der Waals surface area (Å²) in [5, 5.41) is 10.4. The number of hydrogen-bond acceptors (Lipinski definition) is 1. The van der Waals surface area contributed by atoms with Gasteiger partial charge in [0.2, 0.25) is 0 Å². The van der Waals surface area contributed by atoms with Crippen molar-refractivity contribution >= 4 is 11.6 Å². The Labute approximate surface area is 104 Å². The Morgan fingerprint density at radius 3 is 2.41 bits per heavy atom. The molecule has 0 saturated heterocycles. The Morgan fingerprint density at radius 1 is 1.18 bits per heavy atom. The Bertz CT molecular complexity index is 502. The highest BCUT2D eigenvalue weighted by Crippen LogP contribution is 2.31. The van der Waals surface area contributed by atoms with Gasteiger partial charge in [0.1, 0.15) is 11.9 Å². The third kappa shape index (κ3) is 2.48. The topological polar surface area (TPSA) is 20.2 Å². The molecule has 1 atom stereocenters. The zero-order valence-electron chi connectivity index (χ0n) is 9.32. The molecule has 1 nitrogen and oxygen atoms in total. The number of aliphatic hydroxyl groups is 1. The van der Waals surface area contributed by atoms with E-state index in [0.29, 0.717) is 5.56 Å². The highest BCUT2D eigenvalue weighted by Gasteiger charge is 2.18. The highest BCUT2D eigenvalue weighted by atomic mass is 35.5. The van der Waals surface area contributed by atoms with Crippen LogP contribution in [0.15, 0.2) is 42.5 Å². The van der Waals surface area contributed by atoms with Gasteiger partial charge in [-0.2, -0.15) is 0 Å². The van der Waals surface area contributed by atoms with Crippen LogP contribution < -0.4 is 0 Å². The van der Waals surface area contributed by atoms with Gasteiger partial charge in [-0.25, -0.2) is 4.39 Å². The summed E-state index contributed by atoms with van der Waals surface area (Å²) >= 11 is 5.98. The molecule has 88 valence electrons. The molecule has 0 heterocycles. The van der Waals surface area contributed by atoms with Crippen LogP contribution >= 0.6 is 11.6 Å². The average molecular weight is 251 g/mol. The Kier molecular flexibility index (Phi) is 3.46. The largest absolute Gasteiger partial charge is 0.383 e. The van der Waals surface area contributed by atoms with Gasteiger partial charge in [0.05, 0.1) is 0 Å². The van der Waals surface area contributed by atoms with E-state index in [4.69, 9.17) is 11.6 Å². The highest BCUT2D eigenvalue weighted by molar-refractivity contribution is 6.31. The second-order valence-corrected chi connectivity index (χ2v) is 4.36. The molecule has 0 amide bonds. The molecule has 17 heavy (non-hydrogen) atoms. The van der Waals surface area contributed by atoms with Crippen LogP contribution in [0.2, 0.25) is 5.02 Å². The fraction of sp³-hybridized carbons (Fsp3) is 0.143. The smallest absolute Gasteiger partial charge is 0.131 e. The number of rotatable bonds is 2. The summed E-state index contributed by atoms with van der Waals surface area (Å²) in [5.41, 5.74) is 1.48. The Balaban J connectivity index is 2.48. The Morgan fingerprint density at radius 2 is 1.82 bits per heavy atom. The van der Waals surface area contributed by atoms with E-state index in [0.717, 1.165) is 5.56 Å². The third-order valence-electron chi connectivity index (χ3n) is 2.61. The van der Waals surface area contributed by atoms with Gasteiger partial charge in [0, 0.05) is 10.6 Å². The summed E-state index contributed by atoms with van der Waals surface area (Å²) in [6, 6.07) is 11.9. The minimum atomic E-state index is -1.04. The minimum Gasteiger partial charge on any atom is -0.383 e. The summed E-state index contributed by atoms with van der Waals surface area (Å²) in [4.78, 5) is 0. The molecule has 0 bridgehead atoms. The van der Waals surface area contributed by atoms with E-state index < -0.39 is 11.9 Å². The van der Waals surface area contributed by atoms with Crippen LogP contribution in [0, 0.1) is 12.7 Å². The van der Waals surface area contributed by atoms with Gasteiger partial charge < -0.3 is 5.11 Å². The van der Waals surface area contributed by atoms with Crippen molar-refractivity contribution in [2.75, 3.05) is 0 Å². The summed E-state index contributed by atoms with van der Waals surface area (Å²) < 4.78 is 13.8. The maximum absolute atomic E-state index is 13.8. The molecule has 3 heteroatoms. The fourth-order valence-corrected chi connectivity index (χ4v) is 2.14. The van der Waals surface area contributed by atoms with E-state index in [1.807, 2.05) is 6.07 Å². The van der Waals surface area contributed by atoms with E-state index in [1.54, 1.807) is 37.3 Å². The lowest BCUT2D eigenvalue weighted by Gasteiger charge is -2.14. The first kappa shape index (κ1) is 12.1. The zero-order valence-corrected chi connectivity index (χ0v) is 10.1. The lowest BCUT2D eigenvalue weighted by atomic mass is 10.00. The van der Waals surface area contributed by atoms with Gasteiger partial charge in [0.15, 0.2) is 0 Å². The van der Waals surface area contributed by atoms with Crippen molar-refractivity contribution in [3.05, 3.63) is 70.0 Å². The SMILES string of the molecule is Cc1cc(F)c(C(O)c2ccccc2)c(Cl)c1. The van der Waals surface area contributed by atoms with E-state index >= 15 is 0 Å². The molecule has 1 N–H and O–H groups in total. The molecule has 0 aliphatic rings. The number of aryl methyl sites for hydroxylation is 1. The summed E-state index contributed by atoms with van der Waals surface area (Å²) in [5.74, 6) is -0.480. The predicted molar refractivity (Wildman–Crippen MR) is 66.7 cm³/mol. The van der Waals surface area contributed by atoms with Crippen molar-refractivity contribution in [2.45, 2.75) is 13.0 Å². The molecule has 0 aliphatic heterocycles. The number of halogens is 2. The fourth-order valence-electron chi connectivity index (χ4n) is 1.77. The molecule has 0 saturated carbocycles. The van der Waals surface area contributed by atoms with Gasteiger partial charge in [-0.1, -0.05) is 41.9 Å². The molecule has 2 aromatic carbocycles. The van der Waals surface area contributed by atoms with Gasteiger partial charge in [-0.05, 0) is 30.2 Å². The van der Waals surface area contributed by atoms with Crippen molar-refractivity contribution in [1.29, 1.82) is 0 Å². The van der Waals surface area contributed by atoms with Gasteiger partial charge in [-0.15, -0.1) is 0 Å². The van der Waals surface area contributed by atoms with Crippen molar-refractivity contribution < 1.29 is 9.50 Å². The van der Waals surface area contributed by atoms with Crippen LogP contribution in [-0.2, 0) is 0 Å². The minimum absolute atomic E-state index is 0.128. The summed E-state index contributed by atoms with van der Waals surface area (Å²) in [6.07, 6.45) is -1.04. The van der Waals surface area contributed by atoms with Gasteiger partial charge in [0.25, 0.3) is 0 Å². The lowest BCUT2D eigenvalue weighted by molar-refractivity contribution is 0.215. The van der Waals surface area contributed by atoms with Crippen LogP contribution in [0.1, 0.15) is 22.8 Å². The Hall–Kier alpha value is -1.38. The normalized spacial score (nSPS) is 12.5. The second kappa shape index (κ2) is 4.86. The standard InChI is InChI=1S/C14H12ClFO/c1-9-7-11(15)13(12(16)8-9)14(17)10-5-3-2-4-6-10/h2-8,14,17H,1H3. The van der Waals surface area contributed by atoms with Crippen LogP contribution in [-0.4, -0.2) is 5.11 Å². The van der Waals surface area contributed by atoms with Crippen LogP contribution in [0.4, 0.5) is 4.39 Å². The zero-order chi connectivity index (χ0) is 12.4. The molecular weight excluding hydrogens is 239 g/mol. The van der Waals surface area contributed by atoms with Crippen LogP contribution in [0.25, 0.3) is 0 Å². The van der Waals surface area contributed by atoms with Crippen molar-refractivity contribution in [2.24, 2.45) is 0 Å². The molecule has 0 radical (unpaired) electrons. The number of aliphatic hydroxyl groups excluding tert-OH is 1. The monoisotopic (exact) mass is 250 g/mol. The molecule has 0 aromatic heterocycles. The molecule has 2 aromatic rings. The van der Waals surface area contributed by atoms with E-state index in [2.05, 4.69) is 0 Å². The molecule has 0 aliphatic carbocycles. The van der Waals surface area contributed by atoms with E-state index in [1.165, 1.54) is 6.07 Å². The van der Waals surface area contributed by atoms with Crippen LogP contribution in [0.3, 0.4) is 0 Å². The van der Waals surface area contributed by atoms with Crippen molar-refractivity contribution in [3.63, 3.8) is 0 Å². The average Bonchev–Trinajstić information content (AvgIpc) is 2.28. The van der Waals surface area contributed by atoms with Gasteiger partial charge in [-0.3, -0.25) is 0 Å². The maximum atomic E-state index is 13.8. The van der Waals surface area contributed by atoms with E-state index in [9.17, 15) is 9.50 Å². The van der Waals surface area contributed by atoms with Gasteiger partial charge >= 0.3 is 0 Å². The lowest BCUT2D eigenvalue weighted by Crippen LogP contribution is -2.04. The number of benzene rings is 2. The molecular formula is C14H12ClFO. The van der Waals surface area contributed by atoms with Crippen molar-refractivity contribution in [3.8, 4) is 0 Å². The van der Waals surface area contributed by atoms with E-state index in [-0.39, 0.29) is 10.6 Å². The first-order valence-electron chi connectivity index (χ1n) is 5.28. The third-order valence-corrected chi connectivity index (χ3v) is 2.92. The van der Waals surface area contributed by atoms with Crippen LogP contribution in [0.5, 0.6) is 0 Å². The molecule has 0 spiro atoms. The number of hydrogen-bond donors (Lipinski definition) is 1. The molecule has 0 fully saturated rings. The maximum Gasteiger partial charge on any atom is 0.131 e. The molecule has 2 rings (SSSR count). The first-order valence-corrected chi connectivity index (χ1v) is 5.66. The predicted octanol–water partition coefficient (Wildman–Crippen LogP) is 3.87. The first-order chi connectivity index (χ1) is 8.09.